The Kier molecular flexibility index (Phi) is 15.2. The van der Waals surface area contributed by atoms with Crippen LogP contribution in [-0.2, 0) is 35.3 Å². The molecule has 0 heterocycles. The highest BCUT2D eigenvalue weighted by Crippen LogP contribution is 2.13. The quantitative estimate of drug-likeness (QED) is 0.208. The van der Waals surface area contributed by atoms with Gasteiger partial charge in [-0.25, -0.2) is 14.4 Å². The van der Waals surface area contributed by atoms with Crippen LogP contribution in [0.4, 0.5) is 18.0 Å². The Bertz CT molecular complexity index is 946. The number of carbonyl (C=O) groups is 6. The summed E-state index contributed by atoms with van der Waals surface area (Å²) in [4.78, 5) is 67.3. The Morgan fingerprint density at radius 1 is 0.946 bits per heavy atom. The van der Waals surface area contributed by atoms with E-state index in [2.05, 4.69) is 26.6 Å². The predicted molar refractivity (Wildman–Crippen MR) is 123 cm³/mol. The third kappa shape index (κ3) is 15.8. The van der Waals surface area contributed by atoms with Gasteiger partial charge in [-0.15, -0.1) is 0 Å². The zero-order valence-corrected chi connectivity index (χ0v) is 20.7. The molecule has 0 aromatic heterocycles. The maximum Gasteiger partial charge on any atom is 0.490 e. The van der Waals surface area contributed by atoms with Crippen LogP contribution >= 0.6 is 15.9 Å². The van der Waals surface area contributed by atoms with E-state index in [9.17, 15) is 42.3 Å². The number of aliphatic carboxylic acids is 2. The molecule has 1 rings (SSSR count). The van der Waals surface area contributed by atoms with Crippen molar-refractivity contribution < 1.29 is 56.9 Å². The molecule has 2 atom stereocenters. The van der Waals surface area contributed by atoms with E-state index in [1.807, 2.05) is 0 Å². The number of benzene rings is 1. The van der Waals surface area contributed by atoms with Crippen molar-refractivity contribution in [2.45, 2.75) is 50.6 Å². The zero-order valence-electron chi connectivity index (χ0n) is 19.1. The molecule has 0 bridgehead atoms. The van der Waals surface area contributed by atoms with Gasteiger partial charge in [0.15, 0.2) is 0 Å². The molecule has 0 unspecified atom stereocenters. The second-order valence-corrected chi connectivity index (χ2v) is 7.74. The lowest BCUT2D eigenvalue weighted by Crippen LogP contribution is -2.52. The fraction of sp³-hybridized carbons (Fsp3) is 0.429. The van der Waals surface area contributed by atoms with Crippen molar-refractivity contribution in [3.05, 3.63) is 35.9 Å². The predicted octanol–water partition coefficient (Wildman–Crippen LogP) is 1.49. The van der Waals surface area contributed by atoms with Gasteiger partial charge in [-0.2, -0.15) is 13.2 Å². The third-order valence-corrected chi connectivity index (χ3v) is 4.84. The Labute approximate surface area is 216 Å². The monoisotopic (exact) mass is 599 g/mol. The highest BCUT2D eigenvalue weighted by molar-refractivity contribution is 9.09. The van der Waals surface area contributed by atoms with E-state index < -0.39 is 48.1 Å². The number of nitrogens with one attached hydrogen (secondary N) is 2. The van der Waals surface area contributed by atoms with Gasteiger partial charge < -0.3 is 31.3 Å². The molecule has 0 aliphatic heterocycles. The molecule has 6 N–H and O–H groups in total. The molecule has 16 heteroatoms. The third-order valence-electron chi connectivity index (χ3n) is 4.22. The minimum atomic E-state index is -5.08. The summed E-state index contributed by atoms with van der Waals surface area (Å²) in [5.41, 5.74) is 5.83. The van der Waals surface area contributed by atoms with E-state index in [0.717, 1.165) is 5.56 Å². The van der Waals surface area contributed by atoms with Gasteiger partial charge in [-0.05, 0) is 18.4 Å². The minimum absolute atomic E-state index is 0.0385. The second kappa shape index (κ2) is 16.9. The van der Waals surface area contributed by atoms with Crippen LogP contribution in [0.25, 0.3) is 0 Å². The molecule has 0 saturated heterocycles. The van der Waals surface area contributed by atoms with E-state index >= 15 is 0 Å². The van der Waals surface area contributed by atoms with Gasteiger partial charge >= 0.3 is 24.2 Å². The number of hydrogen-bond donors (Lipinski definition) is 5. The Hall–Kier alpha value is -3.69. The average molecular weight is 600 g/mol. The van der Waals surface area contributed by atoms with Crippen LogP contribution in [0.2, 0.25) is 0 Å². The number of Topliss-reactive ketones (excluding diaryl/α,β-unsaturated/α-hetero) is 1. The zero-order chi connectivity index (χ0) is 28.6. The number of hydrogen-bond acceptors (Lipinski definition) is 7. The normalized spacial score (nSPS) is 12.1. The number of nitrogens with two attached hydrogens (primary N) is 1. The second-order valence-electron chi connectivity index (χ2n) is 7.18. The molecular weight excluding hydrogens is 575 g/mol. The van der Waals surface area contributed by atoms with E-state index in [1.165, 1.54) is 0 Å². The summed E-state index contributed by atoms with van der Waals surface area (Å²) in [6, 6.07) is 6.26. The van der Waals surface area contributed by atoms with Gasteiger partial charge in [0.05, 0.1) is 5.33 Å². The SMILES string of the molecule is NC(=O)CC[C@H](NC(=O)OCc1ccccc1)C(=O)N[C@@H](CCC(=O)CBr)C(=O)O.O=C(O)C(F)(F)F. The number of alkyl halides is 4. The topological polar surface area (TPSA) is 202 Å². The molecule has 0 saturated carbocycles. The standard InChI is InChI=1S/C19H24BrN3O7.C2HF3O2/c20-10-13(24)6-7-15(18(27)28)22-17(26)14(8-9-16(21)25)23-19(29)30-11-12-4-2-1-3-5-12;3-2(4,5)1(6)7/h1-5,14-15H,6-11H2,(H2,21,25)(H,22,26)(H,23,29)(H,27,28);(H,6,7)/t14-,15-;/m0./s1. The van der Waals surface area contributed by atoms with E-state index in [0.29, 0.717) is 0 Å². The van der Waals surface area contributed by atoms with Crippen molar-refractivity contribution in [2.75, 3.05) is 5.33 Å². The van der Waals surface area contributed by atoms with Crippen LogP contribution in [0, 0.1) is 0 Å². The summed E-state index contributed by atoms with van der Waals surface area (Å²) in [7, 11) is 0. The van der Waals surface area contributed by atoms with Gasteiger partial charge in [0, 0.05) is 12.8 Å². The fourth-order valence-corrected chi connectivity index (χ4v) is 2.64. The largest absolute Gasteiger partial charge is 0.490 e. The summed E-state index contributed by atoms with van der Waals surface area (Å²) in [6.07, 6.45) is -6.52. The average Bonchev–Trinajstić information content (AvgIpc) is 2.82. The Morgan fingerprint density at radius 3 is 1.95 bits per heavy atom. The molecule has 37 heavy (non-hydrogen) atoms. The van der Waals surface area contributed by atoms with Gasteiger partial charge in [0.2, 0.25) is 11.8 Å². The molecular formula is C21H25BrF3N3O9. The number of carboxylic acid groups (broad SMARTS) is 2. The number of primary amides is 1. The number of ketones is 1. The minimum Gasteiger partial charge on any atom is -0.480 e. The molecule has 3 amide bonds. The molecule has 0 aliphatic carbocycles. The molecule has 0 spiro atoms. The number of carboxylic acids is 2. The molecule has 206 valence electrons. The van der Waals surface area contributed by atoms with Gasteiger partial charge in [-0.1, -0.05) is 46.3 Å². The summed E-state index contributed by atoms with van der Waals surface area (Å²) in [6.45, 7) is -0.0385. The molecule has 0 radical (unpaired) electrons. The maximum absolute atomic E-state index is 12.5. The first-order chi connectivity index (χ1) is 17.2. The molecule has 1 aromatic carbocycles. The number of ether oxygens (including phenoxy) is 1. The number of halogens is 4. The maximum atomic E-state index is 12.5. The van der Waals surface area contributed by atoms with Crippen LogP contribution in [0.3, 0.4) is 0 Å². The Balaban J connectivity index is 0.00000161. The van der Waals surface area contributed by atoms with Crippen molar-refractivity contribution in [2.24, 2.45) is 5.73 Å². The molecule has 12 nitrogen and oxygen atoms in total. The summed E-state index contributed by atoms with van der Waals surface area (Å²) < 4.78 is 36.8. The van der Waals surface area contributed by atoms with Crippen LogP contribution in [0.5, 0.6) is 0 Å². The molecule has 1 aromatic rings. The number of rotatable bonds is 13. The number of alkyl carbamates (subject to hydrolysis) is 1. The van der Waals surface area contributed by atoms with E-state index in [4.69, 9.17) is 20.4 Å². The lowest BCUT2D eigenvalue weighted by molar-refractivity contribution is -0.192. The summed E-state index contributed by atoms with van der Waals surface area (Å²) >= 11 is 2.98. The van der Waals surface area contributed by atoms with Gasteiger partial charge in [0.25, 0.3) is 0 Å². The molecule has 0 aliphatic rings. The lowest BCUT2D eigenvalue weighted by atomic mass is 10.1. The van der Waals surface area contributed by atoms with Crippen LogP contribution in [0.15, 0.2) is 30.3 Å². The van der Waals surface area contributed by atoms with Crippen LogP contribution < -0.4 is 16.4 Å². The Morgan fingerprint density at radius 2 is 1.49 bits per heavy atom. The number of carbonyl (C=O) groups excluding carboxylic acids is 4. The fourth-order valence-electron chi connectivity index (χ4n) is 2.36. The van der Waals surface area contributed by atoms with Crippen molar-refractivity contribution in [3.8, 4) is 0 Å². The van der Waals surface area contributed by atoms with Crippen LogP contribution in [-0.4, -0.2) is 69.4 Å². The van der Waals surface area contributed by atoms with Gasteiger partial charge in [0.1, 0.15) is 24.5 Å². The highest BCUT2D eigenvalue weighted by atomic mass is 79.9. The van der Waals surface area contributed by atoms with Crippen molar-refractivity contribution in [1.29, 1.82) is 0 Å². The first-order valence-electron chi connectivity index (χ1n) is 10.3. The van der Waals surface area contributed by atoms with E-state index in [1.54, 1.807) is 30.3 Å². The first kappa shape index (κ1) is 33.3. The van der Waals surface area contributed by atoms with Crippen molar-refractivity contribution >= 4 is 51.6 Å². The van der Waals surface area contributed by atoms with Crippen LogP contribution in [0.1, 0.15) is 31.2 Å². The van der Waals surface area contributed by atoms with Crippen molar-refractivity contribution in [3.63, 3.8) is 0 Å². The summed E-state index contributed by atoms with van der Waals surface area (Å²) in [5, 5.41) is 21.1. The number of amides is 3. The first-order valence-corrected chi connectivity index (χ1v) is 11.5. The highest BCUT2D eigenvalue weighted by Gasteiger charge is 2.38. The van der Waals surface area contributed by atoms with Crippen molar-refractivity contribution in [1.82, 2.24) is 10.6 Å². The molecule has 0 fully saturated rings. The van der Waals surface area contributed by atoms with Gasteiger partial charge in [-0.3, -0.25) is 14.4 Å². The van der Waals surface area contributed by atoms with E-state index in [-0.39, 0.29) is 43.4 Å². The summed E-state index contributed by atoms with van der Waals surface area (Å²) in [5.74, 6) is -5.82. The lowest BCUT2D eigenvalue weighted by Gasteiger charge is -2.21. The smallest absolute Gasteiger partial charge is 0.480 e.